The second-order valence-electron chi connectivity index (χ2n) is 6.63. The summed E-state index contributed by atoms with van der Waals surface area (Å²) in [4.78, 5) is 20.1. The van der Waals surface area contributed by atoms with E-state index in [1.165, 1.54) is 18.3 Å². The van der Waals surface area contributed by atoms with Crippen molar-refractivity contribution >= 4 is 56.3 Å². The Morgan fingerprint density at radius 2 is 1.79 bits per heavy atom. The van der Waals surface area contributed by atoms with E-state index in [0.717, 1.165) is 31.5 Å². The standard InChI is InChI=1S/C20H13Cl3F3N3O4S/c1-33-10-29(34(31,32)13-2-3-15(22)14(8-13)20(24,25)26)16-7-12(21)9-28-18(16)19(30)11-4-5-27-17(23)6-11/h2-9H,10H2,1H3. The van der Waals surface area contributed by atoms with Gasteiger partial charge in [0.1, 0.15) is 17.6 Å². The summed E-state index contributed by atoms with van der Waals surface area (Å²) in [6.45, 7) is -0.675. The van der Waals surface area contributed by atoms with E-state index in [0.29, 0.717) is 10.4 Å². The number of hydrogen-bond donors (Lipinski definition) is 0. The summed E-state index contributed by atoms with van der Waals surface area (Å²) in [7, 11) is -3.56. The lowest BCUT2D eigenvalue weighted by Gasteiger charge is -2.25. The Kier molecular flexibility index (Phi) is 7.73. The fourth-order valence-corrected chi connectivity index (χ4v) is 4.82. The van der Waals surface area contributed by atoms with E-state index in [9.17, 15) is 26.4 Å². The van der Waals surface area contributed by atoms with Crippen molar-refractivity contribution in [1.82, 2.24) is 9.97 Å². The topological polar surface area (TPSA) is 89.5 Å². The molecular weight excluding hydrogens is 542 g/mol. The van der Waals surface area contributed by atoms with Crippen LogP contribution in [0.25, 0.3) is 0 Å². The van der Waals surface area contributed by atoms with Gasteiger partial charge in [-0.15, -0.1) is 0 Å². The number of aromatic nitrogens is 2. The summed E-state index contributed by atoms with van der Waals surface area (Å²) in [5.74, 6) is -0.737. The van der Waals surface area contributed by atoms with E-state index in [-0.39, 0.29) is 27.1 Å². The fraction of sp³-hybridized carbons (Fsp3) is 0.150. The van der Waals surface area contributed by atoms with Crippen molar-refractivity contribution in [2.24, 2.45) is 0 Å². The second kappa shape index (κ2) is 10.0. The molecule has 0 saturated heterocycles. The molecule has 0 spiro atoms. The third kappa shape index (κ3) is 5.44. The van der Waals surface area contributed by atoms with Gasteiger partial charge in [0, 0.05) is 25.1 Å². The summed E-state index contributed by atoms with van der Waals surface area (Å²) in [6, 6.07) is 5.80. The molecule has 0 aliphatic carbocycles. The van der Waals surface area contributed by atoms with Crippen LogP contribution >= 0.6 is 34.8 Å². The van der Waals surface area contributed by atoms with Gasteiger partial charge in [0.25, 0.3) is 10.0 Å². The number of alkyl halides is 3. The largest absolute Gasteiger partial charge is 0.417 e. The molecule has 1 aromatic carbocycles. The number of methoxy groups -OCH3 is 1. The zero-order valence-electron chi connectivity index (χ0n) is 17.0. The average Bonchev–Trinajstić information content (AvgIpc) is 2.76. The Bertz CT molecular complexity index is 1350. The zero-order chi connectivity index (χ0) is 25.3. The van der Waals surface area contributed by atoms with E-state index < -0.39 is 44.2 Å². The summed E-state index contributed by atoms with van der Waals surface area (Å²) < 4.78 is 72.4. The van der Waals surface area contributed by atoms with E-state index in [1.54, 1.807) is 0 Å². The lowest BCUT2D eigenvalue weighted by Crippen LogP contribution is -2.34. The molecule has 3 aromatic rings. The number of carbonyl (C=O) groups is 1. The molecule has 0 aliphatic heterocycles. The molecule has 2 aromatic heterocycles. The first kappa shape index (κ1) is 26.2. The van der Waals surface area contributed by atoms with Crippen molar-refractivity contribution in [3.63, 3.8) is 0 Å². The molecule has 0 amide bonds. The van der Waals surface area contributed by atoms with Gasteiger partial charge in [-0.2, -0.15) is 13.2 Å². The number of ketones is 1. The van der Waals surface area contributed by atoms with E-state index in [2.05, 4.69) is 9.97 Å². The third-order valence-electron chi connectivity index (χ3n) is 4.38. The third-order valence-corrected chi connectivity index (χ3v) is 6.86. The molecule has 34 heavy (non-hydrogen) atoms. The Hall–Kier alpha value is -2.44. The first-order chi connectivity index (χ1) is 15.9. The normalized spacial score (nSPS) is 12.0. The van der Waals surface area contributed by atoms with Crippen molar-refractivity contribution in [3.8, 4) is 0 Å². The average molecular weight is 555 g/mol. The summed E-state index contributed by atoms with van der Waals surface area (Å²) in [5, 5.41) is -0.717. The zero-order valence-corrected chi connectivity index (χ0v) is 20.1. The van der Waals surface area contributed by atoms with Crippen LogP contribution in [-0.4, -0.2) is 38.0 Å². The molecule has 3 rings (SSSR count). The minimum absolute atomic E-state index is 0.00331. The maximum Gasteiger partial charge on any atom is 0.417 e. The van der Waals surface area contributed by atoms with E-state index in [4.69, 9.17) is 39.5 Å². The van der Waals surface area contributed by atoms with E-state index in [1.807, 2.05) is 0 Å². The number of rotatable bonds is 7. The van der Waals surface area contributed by atoms with Gasteiger partial charge < -0.3 is 4.74 Å². The smallest absolute Gasteiger partial charge is 0.363 e. The van der Waals surface area contributed by atoms with Crippen LogP contribution in [0, 0.1) is 0 Å². The molecule has 0 radical (unpaired) electrons. The number of anilines is 1. The van der Waals surface area contributed by atoms with Gasteiger partial charge in [-0.1, -0.05) is 34.8 Å². The quantitative estimate of drug-likeness (QED) is 0.218. The summed E-state index contributed by atoms with van der Waals surface area (Å²) >= 11 is 17.5. The molecule has 0 unspecified atom stereocenters. The van der Waals surface area contributed by atoms with Crippen molar-refractivity contribution < 1.29 is 31.1 Å². The molecule has 7 nitrogen and oxygen atoms in total. The maximum absolute atomic E-state index is 13.4. The minimum atomic E-state index is -4.91. The maximum atomic E-state index is 13.4. The molecule has 0 bridgehead atoms. The summed E-state index contributed by atoms with van der Waals surface area (Å²) in [6.07, 6.45) is -2.53. The van der Waals surface area contributed by atoms with E-state index >= 15 is 0 Å². The predicted octanol–water partition coefficient (Wildman–Crippen LogP) is 5.49. The lowest BCUT2D eigenvalue weighted by molar-refractivity contribution is -0.137. The number of ether oxygens (including phenoxy) is 1. The Morgan fingerprint density at radius 3 is 2.41 bits per heavy atom. The minimum Gasteiger partial charge on any atom is -0.363 e. The molecule has 14 heteroatoms. The van der Waals surface area contributed by atoms with Gasteiger partial charge in [0.05, 0.1) is 26.2 Å². The molecule has 0 aliphatic rings. The highest BCUT2D eigenvalue weighted by Gasteiger charge is 2.36. The van der Waals surface area contributed by atoms with Gasteiger partial charge in [-0.05, 0) is 36.4 Å². The first-order valence-corrected chi connectivity index (χ1v) is 11.6. The van der Waals surface area contributed by atoms with Gasteiger partial charge in [0.15, 0.2) is 0 Å². The van der Waals surface area contributed by atoms with Crippen LogP contribution in [0.1, 0.15) is 21.6 Å². The van der Waals surface area contributed by atoms with Crippen LogP contribution < -0.4 is 4.31 Å². The monoisotopic (exact) mass is 553 g/mol. The van der Waals surface area contributed by atoms with Crippen LogP contribution in [0.2, 0.25) is 15.2 Å². The van der Waals surface area contributed by atoms with Crippen LogP contribution in [-0.2, 0) is 20.9 Å². The highest BCUT2D eigenvalue weighted by Crippen LogP contribution is 2.37. The number of carbonyl (C=O) groups excluding carboxylic acids is 1. The predicted molar refractivity (Wildman–Crippen MR) is 120 cm³/mol. The number of halogens is 6. The van der Waals surface area contributed by atoms with Gasteiger partial charge in [-0.3, -0.25) is 4.79 Å². The highest BCUT2D eigenvalue weighted by atomic mass is 35.5. The van der Waals surface area contributed by atoms with Gasteiger partial charge in [-0.25, -0.2) is 22.7 Å². The van der Waals surface area contributed by atoms with Crippen LogP contribution in [0.3, 0.4) is 0 Å². The first-order valence-electron chi connectivity index (χ1n) is 9.06. The van der Waals surface area contributed by atoms with Crippen LogP contribution in [0.15, 0.2) is 53.7 Å². The molecule has 0 fully saturated rings. The number of pyridine rings is 2. The molecule has 0 saturated carbocycles. The summed E-state index contributed by atoms with van der Waals surface area (Å²) in [5.41, 5.74) is -2.00. The molecular formula is C20H13Cl3F3N3O4S. The van der Waals surface area contributed by atoms with Crippen molar-refractivity contribution in [2.45, 2.75) is 11.1 Å². The van der Waals surface area contributed by atoms with Crippen LogP contribution in [0.4, 0.5) is 18.9 Å². The van der Waals surface area contributed by atoms with Crippen molar-refractivity contribution in [1.29, 1.82) is 0 Å². The Balaban J connectivity index is 2.20. The number of nitrogens with zero attached hydrogens (tertiary/aromatic N) is 3. The number of hydrogen-bond acceptors (Lipinski definition) is 6. The molecule has 0 N–H and O–H groups in total. The fourth-order valence-electron chi connectivity index (χ4n) is 2.87. The van der Waals surface area contributed by atoms with Crippen molar-refractivity contribution in [2.75, 3.05) is 18.1 Å². The van der Waals surface area contributed by atoms with Gasteiger partial charge >= 0.3 is 6.18 Å². The Morgan fingerprint density at radius 1 is 1.09 bits per heavy atom. The molecule has 2 heterocycles. The highest BCUT2D eigenvalue weighted by molar-refractivity contribution is 7.92. The van der Waals surface area contributed by atoms with Crippen molar-refractivity contribution in [3.05, 3.63) is 80.8 Å². The van der Waals surface area contributed by atoms with Crippen LogP contribution in [0.5, 0.6) is 0 Å². The number of benzene rings is 1. The Labute approximate surface area is 207 Å². The lowest BCUT2D eigenvalue weighted by atomic mass is 10.1. The van der Waals surface area contributed by atoms with Gasteiger partial charge in [0.2, 0.25) is 5.78 Å². The number of sulfonamides is 1. The SMILES string of the molecule is COCN(c1cc(Cl)cnc1C(=O)c1ccnc(Cl)c1)S(=O)(=O)c1ccc(Cl)c(C(F)(F)F)c1. The molecule has 0 atom stereocenters. The second-order valence-corrected chi connectivity index (χ2v) is 9.72. The molecule has 180 valence electrons.